The number of hydrogen-bond acceptors (Lipinski definition) is 2. The van der Waals surface area contributed by atoms with Gasteiger partial charge in [-0.25, -0.2) is 0 Å². The second kappa shape index (κ2) is 6.01. The van der Waals surface area contributed by atoms with Gasteiger partial charge in [-0.05, 0) is 60.4 Å². The first kappa shape index (κ1) is 13.7. The lowest BCUT2D eigenvalue weighted by Gasteiger charge is -2.25. The third-order valence-corrected chi connectivity index (χ3v) is 4.49. The Morgan fingerprint density at radius 3 is 1.86 bits per heavy atom. The third-order valence-electron chi connectivity index (χ3n) is 4.49. The molecule has 0 radical (unpaired) electrons. The van der Waals surface area contributed by atoms with Gasteiger partial charge in [-0.15, -0.1) is 0 Å². The number of rotatable bonds is 2. The van der Waals surface area contributed by atoms with Gasteiger partial charge in [0.2, 0.25) is 0 Å². The molecule has 0 amide bonds. The molecule has 0 heterocycles. The van der Waals surface area contributed by atoms with Crippen molar-refractivity contribution in [3.8, 4) is 22.9 Å². The molecule has 1 fully saturated rings. The van der Waals surface area contributed by atoms with Gasteiger partial charge < -0.3 is 5.11 Å². The van der Waals surface area contributed by atoms with E-state index in [2.05, 4.69) is 30.3 Å². The lowest BCUT2D eigenvalue weighted by Crippen LogP contribution is -2.11. The van der Waals surface area contributed by atoms with Crippen LogP contribution in [0.1, 0.15) is 37.2 Å². The molecule has 0 saturated heterocycles. The quantitative estimate of drug-likeness (QED) is 0.852. The Hall–Kier alpha value is -2.27. The van der Waals surface area contributed by atoms with Crippen molar-refractivity contribution >= 4 is 0 Å². The fourth-order valence-electron chi connectivity index (χ4n) is 3.16. The number of nitriles is 1. The minimum atomic E-state index is 0.262. The van der Waals surface area contributed by atoms with Crippen molar-refractivity contribution in [2.24, 2.45) is 5.92 Å². The van der Waals surface area contributed by atoms with Crippen LogP contribution < -0.4 is 0 Å². The maximum absolute atomic E-state index is 9.34. The van der Waals surface area contributed by atoms with Crippen LogP contribution in [0.25, 0.3) is 11.1 Å². The molecule has 0 spiro atoms. The van der Waals surface area contributed by atoms with Crippen LogP contribution in [0.2, 0.25) is 0 Å². The fourth-order valence-corrected chi connectivity index (χ4v) is 3.16. The van der Waals surface area contributed by atoms with Crippen molar-refractivity contribution in [1.29, 1.82) is 5.26 Å². The molecule has 2 heteroatoms. The molecule has 1 saturated carbocycles. The normalized spacial score (nSPS) is 21.7. The maximum Gasteiger partial charge on any atom is 0.115 e. The lowest BCUT2D eigenvalue weighted by atomic mass is 9.79. The van der Waals surface area contributed by atoms with Crippen LogP contribution in [0.4, 0.5) is 0 Å². The van der Waals surface area contributed by atoms with E-state index in [9.17, 15) is 5.11 Å². The van der Waals surface area contributed by atoms with Gasteiger partial charge >= 0.3 is 0 Å². The Kier molecular flexibility index (Phi) is 3.92. The van der Waals surface area contributed by atoms with Crippen molar-refractivity contribution in [2.45, 2.75) is 31.6 Å². The van der Waals surface area contributed by atoms with E-state index in [4.69, 9.17) is 5.26 Å². The Morgan fingerprint density at radius 2 is 1.33 bits per heavy atom. The average Bonchev–Trinajstić information content (AvgIpc) is 2.56. The smallest absolute Gasteiger partial charge is 0.115 e. The van der Waals surface area contributed by atoms with Crippen LogP contribution in [0, 0.1) is 17.2 Å². The Balaban J connectivity index is 1.73. The standard InChI is InChI=1S/C19H19NO/c20-13-14-1-3-15(4-2-14)16-5-7-17(8-6-16)18-9-11-19(21)12-10-18/h5-12,14-15,21H,1-4H2. The highest BCUT2D eigenvalue weighted by Gasteiger charge is 2.21. The number of aromatic hydroxyl groups is 1. The Bertz CT molecular complexity index is 629. The molecule has 0 unspecified atom stereocenters. The molecule has 0 aliphatic heterocycles. The summed E-state index contributed by atoms with van der Waals surface area (Å²) >= 11 is 0. The van der Waals surface area contributed by atoms with Crippen LogP contribution >= 0.6 is 0 Å². The van der Waals surface area contributed by atoms with Crippen LogP contribution in [-0.2, 0) is 0 Å². The van der Waals surface area contributed by atoms with Gasteiger partial charge in [0.15, 0.2) is 0 Å². The Morgan fingerprint density at radius 1 is 0.810 bits per heavy atom. The summed E-state index contributed by atoms with van der Waals surface area (Å²) in [7, 11) is 0. The molecule has 2 aromatic carbocycles. The summed E-state index contributed by atoms with van der Waals surface area (Å²) in [5, 5.41) is 18.3. The van der Waals surface area contributed by atoms with E-state index in [0.29, 0.717) is 11.7 Å². The van der Waals surface area contributed by atoms with Crippen LogP contribution in [0.3, 0.4) is 0 Å². The first-order valence-corrected chi connectivity index (χ1v) is 7.55. The number of phenolic OH excluding ortho intramolecular Hbond substituents is 1. The van der Waals surface area contributed by atoms with E-state index in [1.54, 1.807) is 12.1 Å². The second-order valence-electron chi connectivity index (χ2n) is 5.85. The van der Waals surface area contributed by atoms with E-state index in [0.717, 1.165) is 31.2 Å². The minimum Gasteiger partial charge on any atom is -0.508 e. The fraction of sp³-hybridized carbons (Fsp3) is 0.316. The van der Waals surface area contributed by atoms with Gasteiger partial charge in [-0.2, -0.15) is 5.26 Å². The average molecular weight is 277 g/mol. The summed E-state index contributed by atoms with van der Waals surface area (Å²) in [5.74, 6) is 1.16. The third kappa shape index (κ3) is 3.08. The molecule has 106 valence electrons. The molecule has 1 aliphatic rings. The molecular weight excluding hydrogens is 258 g/mol. The van der Waals surface area contributed by atoms with Gasteiger partial charge in [0.1, 0.15) is 5.75 Å². The highest BCUT2D eigenvalue weighted by Crippen LogP contribution is 2.36. The maximum atomic E-state index is 9.34. The molecule has 0 atom stereocenters. The van der Waals surface area contributed by atoms with Gasteiger partial charge in [0.25, 0.3) is 0 Å². The summed E-state index contributed by atoms with van der Waals surface area (Å²) in [4.78, 5) is 0. The van der Waals surface area contributed by atoms with Crippen molar-refractivity contribution < 1.29 is 5.11 Å². The topological polar surface area (TPSA) is 44.0 Å². The number of phenols is 1. The SMILES string of the molecule is N#CC1CCC(c2ccc(-c3ccc(O)cc3)cc2)CC1. The summed E-state index contributed by atoms with van der Waals surface area (Å²) < 4.78 is 0. The van der Waals surface area contributed by atoms with Crippen LogP contribution in [-0.4, -0.2) is 5.11 Å². The molecule has 3 rings (SSSR count). The zero-order valence-corrected chi connectivity index (χ0v) is 12.0. The molecule has 2 aromatic rings. The highest BCUT2D eigenvalue weighted by molar-refractivity contribution is 5.64. The number of hydrogen-bond donors (Lipinski definition) is 1. The van der Waals surface area contributed by atoms with E-state index in [1.165, 1.54) is 11.1 Å². The summed E-state index contributed by atoms with van der Waals surface area (Å²) in [6.45, 7) is 0. The summed E-state index contributed by atoms with van der Waals surface area (Å²) in [5.41, 5.74) is 3.67. The first-order chi connectivity index (χ1) is 10.3. The molecule has 0 bridgehead atoms. The van der Waals surface area contributed by atoms with Crippen LogP contribution in [0.15, 0.2) is 48.5 Å². The molecular formula is C19H19NO. The number of benzene rings is 2. The van der Waals surface area contributed by atoms with Gasteiger partial charge in [0.05, 0.1) is 6.07 Å². The predicted molar refractivity (Wildman–Crippen MR) is 83.9 cm³/mol. The monoisotopic (exact) mass is 277 g/mol. The highest BCUT2D eigenvalue weighted by atomic mass is 16.3. The van der Waals surface area contributed by atoms with Gasteiger partial charge in [0, 0.05) is 5.92 Å². The Labute approximate surface area is 125 Å². The lowest BCUT2D eigenvalue weighted by molar-refractivity contribution is 0.382. The summed E-state index contributed by atoms with van der Waals surface area (Å²) in [6, 6.07) is 18.4. The molecule has 1 aliphatic carbocycles. The van der Waals surface area contributed by atoms with Gasteiger partial charge in [-0.3, -0.25) is 0 Å². The van der Waals surface area contributed by atoms with Crippen molar-refractivity contribution in [3.63, 3.8) is 0 Å². The molecule has 2 nitrogen and oxygen atoms in total. The minimum absolute atomic E-state index is 0.262. The van der Waals surface area contributed by atoms with E-state index < -0.39 is 0 Å². The zero-order valence-electron chi connectivity index (χ0n) is 12.0. The van der Waals surface area contributed by atoms with Gasteiger partial charge in [-0.1, -0.05) is 36.4 Å². The van der Waals surface area contributed by atoms with Crippen molar-refractivity contribution in [1.82, 2.24) is 0 Å². The van der Waals surface area contributed by atoms with Crippen LogP contribution in [0.5, 0.6) is 5.75 Å². The van der Waals surface area contributed by atoms with E-state index >= 15 is 0 Å². The molecule has 21 heavy (non-hydrogen) atoms. The zero-order chi connectivity index (χ0) is 14.7. The summed E-state index contributed by atoms with van der Waals surface area (Å²) in [6.07, 6.45) is 4.30. The molecule has 0 aromatic heterocycles. The van der Waals surface area contributed by atoms with Crippen molar-refractivity contribution in [2.75, 3.05) is 0 Å². The molecule has 1 N–H and O–H groups in total. The first-order valence-electron chi connectivity index (χ1n) is 7.55. The number of nitrogens with zero attached hydrogens (tertiary/aromatic N) is 1. The van der Waals surface area contributed by atoms with E-state index in [1.807, 2.05) is 12.1 Å². The largest absolute Gasteiger partial charge is 0.508 e. The second-order valence-corrected chi connectivity index (χ2v) is 5.85. The predicted octanol–water partition coefficient (Wildman–Crippen LogP) is 4.86. The van der Waals surface area contributed by atoms with Crippen molar-refractivity contribution in [3.05, 3.63) is 54.1 Å². The van der Waals surface area contributed by atoms with E-state index in [-0.39, 0.29) is 5.92 Å².